The molecule has 4 heterocycles. The number of furan rings is 3. The predicted molar refractivity (Wildman–Crippen MR) is 268 cm³/mol. The van der Waals surface area contributed by atoms with Gasteiger partial charge in [0.25, 0.3) is 0 Å². The van der Waals surface area contributed by atoms with Crippen LogP contribution in [-0.2, 0) is 0 Å². The van der Waals surface area contributed by atoms with Crippen LogP contribution in [-0.4, -0.2) is 4.57 Å². The minimum absolute atomic E-state index is 0.847. The summed E-state index contributed by atoms with van der Waals surface area (Å²) >= 11 is 0. The topological polar surface area (TPSA) is 47.6 Å². The highest BCUT2D eigenvalue weighted by atomic mass is 16.3. The molecule has 0 atom stereocenters. The molecule has 0 unspecified atom stereocenters. The van der Waals surface area contributed by atoms with E-state index in [0.717, 1.165) is 127 Å². The molecule has 0 aliphatic rings. The zero-order valence-electron chi connectivity index (χ0n) is 34.9. The van der Waals surface area contributed by atoms with E-state index in [4.69, 9.17) is 13.3 Å². The quantitative estimate of drug-likeness (QED) is 0.167. The molecule has 5 heteroatoms. The third-order valence-electron chi connectivity index (χ3n) is 13.2. The van der Waals surface area contributed by atoms with Crippen molar-refractivity contribution in [3.8, 4) is 27.9 Å². The molecule has 0 radical (unpaired) electrons. The van der Waals surface area contributed by atoms with Gasteiger partial charge in [-0.05, 0) is 89.5 Å². The van der Waals surface area contributed by atoms with Crippen LogP contribution in [0, 0.1) is 0 Å². The molecule has 10 aromatic carbocycles. The molecule has 0 N–H and O–H groups in total. The van der Waals surface area contributed by atoms with E-state index in [1.54, 1.807) is 0 Å². The van der Waals surface area contributed by atoms with Crippen molar-refractivity contribution in [2.45, 2.75) is 0 Å². The van der Waals surface area contributed by atoms with Crippen LogP contribution in [0.3, 0.4) is 0 Å². The van der Waals surface area contributed by atoms with Crippen molar-refractivity contribution < 1.29 is 13.3 Å². The Morgan fingerprint density at radius 1 is 0.338 bits per heavy atom. The first-order valence-electron chi connectivity index (χ1n) is 22.0. The van der Waals surface area contributed by atoms with Crippen LogP contribution in [0.2, 0.25) is 0 Å². The smallest absolute Gasteiger partial charge is 0.159 e. The maximum atomic E-state index is 6.75. The van der Waals surface area contributed by atoms with Crippen molar-refractivity contribution in [2.24, 2.45) is 0 Å². The van der Waals surface area contributed by atoms with E-state index < -0.39 is 0 Å². The molecule has 304 valence electrons. The lowest BCUT2D eigenvalue weighted by Crippen LogP contribution is -2.10. The van der Waals surface area contributed by atoms with Gasteiger partial charge in [0, 0.05) is 71.8 Å². The number of fused-ring (bicyclic) bond motifs is 12. The summed E-state index contributed by atoms with van der Waals surface area (Å²) in [5.41, 5.74) is 15.9. The number of rotatable bonds is 6. The van der Waals surface area contributed by atoms with Crippen LogP contribution in [0.4, 0.5) is 17.1 Å². The van der Waals surface area contributed by atoms with Crippen LogP contribution in [0.5, 0.6) is 0 Å². The first-order chi connectivity index (χ1) is 32.2. The summed E-state index contributed by atoms with van der Waals surface area (Å²) in [6, 6.07) is 77.1. The lowest BCUT2D eigenvalue weighted by atomic mass is 9.93. The van der Waals surface area contributed by atoms with E-state index in [-0.39, 0.29) is 0 Å². The summed E-state index contributed by atoms with van der Waals surface area (Å²) in [5.74, 6) is 0. The monoisotopic (exact) mass is 832 g/mol. The minimum Gasteiger partial charge on any atom is -0.456 e. The van der Waals surface area contributed by atoms with E-state index in [1.807, 2.05) is 30.3 Å². The van der Waals surface area contributed by atoms with Gasteiger partial charge in [-0.25, -0.2) is 0 Å². The van der Waals surface area contributed by atoms with Crippen LogP contribution >= 0.6 is 0 Å². The van der Waals surface area contributed by atoms with Gasteiger partial charge in [0.2, 0.25) is 0 Å². The number of nitrogens with zero attached hydrogens (tertiary/aromatic N) is 2. The Hall–Kier alpha value is -8.80. The summed E-state index contributed by atoms with van der Waals surface area (Å²) in [5, 5.41) is 8.96. The lowest BCUT2D eigenvalue weighted by molar-refractivity contribution is 0.668. The zero-order valence-corrected chi connectivity index (χ0v) is 34.9. The molecule has 0 fully saturated rings. The van der Waals surface area contributed by atoms with Crippen molar-refractivity contribution >= 4 is 105 Å². The van der Waals surface area contributed by atoms with E-state index in [9.17, 15) is 0 Å². The molecule has 4 aromatic heterocycles. The highest BCUT2D eigenvalue weighted by Crippen LogP contribution is 2.48. The molecule has 0 saturated carbocycles. The van der Waals surface area contributed by atoms with E-state index >= 15 is 0 Å². The Morgan fingerprint density at radius 3 is 1.71 bits per heavy atom. The predicted octanol–water partition coefficient (Wildman–Crippen LogP) is 17.3. The summed E-state index contributed by atoms with van der Waals surface area (Å²) in [6.07, 6.45) is 0. The Kier molecular flexibility index (Phi) is 7.62. The van der Waals surface area contributed by atoms with Crippen molar-refractivity contribution in [3.05, 3.63) is 218 Å². The van der Waals surface area contributed by atoms with Gasteiger partial charge >= 0.3 is 0 Å². The Bertz CT molecular complexity index is 4170. The maximum Gasteiger partial charge on any atom is 0.159 e. The number of benzene rings is 10. The first-order valence-corrected chi connectivity index (χ1v) is 22.0. The summed E-state index contributed by atoms with van der Waals surface area (Å²) in [6.45, 7) is 0. The van der Waals surface area contributed by atoms with Gasteiger partial charge in [0.15, 0.2) is 5.58 Å². The van der Waals surface area contributed by atoms with Gasteiger partial charge in [0.05, 0.1) is 16.7 Å². The third-order valence-corrected chi connectivity index (χ3v) is 13.2. The van der Waals surface area contributed by atoms with Gasteiger partial charge in [-0.1, -0.05) is 140 Å². The Balaban J connectivity index is 1.04. The number of anilines is 3. The Morgan fingerprint density at radius 2 is 0.938 bits per heavy atom. The molecule has 5 nitrogen and oxygen atoms in total. The zero-order chi connectivity index (χ0) is 42.6. The molecule has 14 aromatic rings. The Labute approximate surface area is 372 Å². The normalized spacial score (nSPS) is 12.0. The molecule has 0 aliphatic carbocycles. The fourth-order valence-corrected chi connectivity index (χ4v) is 10.4. The van der Waals surface area contributed by atoms with Gasteiger partial charge < -0.3 is 22.7 Å². The van der Waals surface area contributed by atoms with Crippen molar-refractivity contribution in [3.63, 3.8) is 0 Å². The second kappa shape index (κ2) is 13.9. The van der Waals surface area contributed by atoms with Gasteiger partial charge in [-0.3, -0.25) is 0 Å². The van der Waals surface area contributed by atoms with Crippen molar-refractivity contribution in [2.75, 3.05) is 4.90 Å². The second-order valence-electron chi connectivity index (χ2n) is 16.8. The number of hydrogen-bond acceptors (Lipinski definition) is 4. The van der Waals surface area contributed by atoms with E-state index in [0.29, 0.717) is 0 Å². The third kappa shape index (κ3) is 5.33. The fourth-order valence-electron chi connectivity index (χ4n) is 10.4. The largest absolute Gasteiger partial charge is 0.456 e. The fraction of sp³-hybridized carbons (Fsp3) is 0. The minimum atomic E-state index is 0.847. The highest BCUT2D eigenvalue weighted by molar-refractivity contribution is 6.27. The summed E-state index contributed by atoms with van der Waals surface area (Å²) in [7, 11) is 0. The van der Waals surface area contributed by atoms with Gasteiger partial charge in [0.1, 0.15) is 27.9 Å². The molecule has 0 saturated heterocycles. The maximum absolute atomic E-state index is 6.75. The SMILES string of the molecule is c1ccc(-c2c3c(cc4c2c2ccc(-c5cccc6oc7ccccc7c56)cc2n4-c2ccc(N(c4ccccc4)c4cccc5c4oc4ccccc45)cc2)oc2ccccc23)cc1. The van der Waals surface area contributed by atoms with Crippen LogP contribution < -0.4 is 4.90 Å². The number of aromatic nitrogens is 1. The molecule has 65 heavy (non-hydrogen) atoms. The van der Waals surface area contributed by atoms with Crippen molar-refractivity contribution in [1.82, 2.24) is 4.57 Å². The highest BCUT2D eigenvalue weighted by Gasteiger charge is 2.25. The van der Waals surface area contributed by atoms with Crippen LogP contribution in [0.1, 0.15) is 0 Å². The molecular weight excluding hydrogens is 797 g/mol. The molecule has 0 spiro atoms. The van der Waals surface area contributed by atoms with Crippen LogP contribution in [0.25, 0.3) is 116 Å². The lowest BCUT2D eigenvalue weighted by Gasteiger charge is -2.25. The molecule has 0 bridgehead atoms. The van der Waals surface area contributed by atoms with Crippen LogP contribution in [0.15, 0.2) is 232 Å². The molecule has 14 rings (SSSR count). The standard InChI is InChI=1S/C60H36N2O3/c1-3-15-37(16-4-1)56-58-45-34-29-38(42-22-14-28-54-57(42)46-20-8-11-26-52(46)63-54)35-49(45)62(50(58)36-55-59(56)47-21-9-12-27-53(47)64-55)41-32-30-40(31-33-41)61(39-17-5-2-6-18-39)48-24-13-23-44-43-19-7-10-25-51(43)65-60(44)48/h1-36H. The summed E-state index contributed by atoms with van der Waals surface area (Å²) < 4.78 is 22.2. The molecular formula is C60H36N2O3. The first kappa shape index (κ1) is 35.8. The van der Waals surface area contributed by atoms with E-state index in [2.05, 4.69) is 198 Å². The van der Waals surface area contributed by atoms with E-state index in [1.165, 1.54) is 5.39 Å². The molecule has 0 aliphatic heterocycles. The summed E-state index contributed by atoms with van der Waals surface area (Å²) in [4.78, 5) is 2.29. The number of hydrogen-bond donors (Lipinski definition) is 0. The van der Waals surface area contributed by atoms with Gasteiger partial charge in [-0.2, -0.15) is 0 Å². The number of para-hydroxylation sites is 5. The van der Waals surface area contributed by atoms with Gasteiger partial charge in [-0.15, -0.1) is 0 Å². The average molecular weight is 833 g/mol. The van der Waals surface area contributed by atoms with Crippen molar-refractivity contribution in [1.29, 1.82) is 0 Å². The second-order valence-corrected chi connectivity index (χ2v) is 16.8. The molecule has 0 amide bonds. The average Bonchev–Trinajstić information content (AvgIpc) is 4.13.